The van der Waals surface area contributed by atoms with Gasteiger partial charge in [0.15, 0.2) is 11.5 Å². The van der Waals surface area contributed by atoms with E-state index in [-0.39, 0.29) is 0 Å². The highest BCUT2D eigenvalue weighted by Gasteiger charge is 2.21. The van der Waals surface area contributed by atoms with Crippen molar-refractivity contribution >= 4 is 30.0 Å². The van der Waals surface area contributed by atoms with Gasteiger partial charge in [-0.3, -0.25) is 0 Å². The summed E-state index contributed by atoms with van der Waals surface area (Å²) in [6, 6.07) is 11.5. The zero-order valence-corrected chi connectivity index (χ0v) is 25.7. The van der Waals surface area contributed by atoms with E-state index in [1.54, 1.807) is 13.2 Å². The summed E-state index contributed by atoms with van der Waals surface area (Å²) in [6.45, 7) is 18.1. The Bertz CT molecular complexity index is 1230. The number of anilines is 1. The number of fused-ring (bicyclic) bond motifs is 1. The van der Waals surface area contributed by atoms with Crippen molar-refractivity contribution in [1.82, 2.24) is 24.9 Å². The molecule has 0 amide bonds. The molecule has 220 valence electrons. The fraction of sp³-hybridized carbons (Fsp3) is 0.500. The maximum Gasteiger partial charge on any atom is 0.163 e. The van der Waals surface area contributed by atoms with Crippen LogP contribution in [0.3, 0.4) is 0 Å². The number of methoxy groups -OCH3 is 1. The van der Waals surface area contributed by atoms with Gasteiger partial charge in [0.25, 0.3) is 0 Å². The number of hydrogen-bond donors (Lipinski definition) is 1. The van der Waals surface area contributed by atoms with Crippen molar-refractivity contribution in [3.8, 4) is 11.5 Å². The Morgan fingerprint density at radius 1 is 0.951 bits per heavy atom. The van der Waals surface area contributed by atoms with Gasteiger partial charge in [-0.2, -0.15) is 0 Å². The summed E-state index contributed by atoms with van der Waals surface area (Å²) in [7, 11) is 9.67. The van der Waals surface area contributed by atoms with E-state index in [2.05, 4.69) is 43.8 Å². The Kier molecular flexibility index (Phi) is 13.4. The zero-order chi connectivity index (χ0) is 29.6. The molecule has 1 aromatic heterocycles. The van der Waals surface area contributed by atoms with Gasteiger partial charge in [0.2, 0.25) is 0 Å². The summed E-state index contributed by atoms with van der Waals surface area (Å²) in [5, 5.41) is 9.35. The third-order valence-corrected chi connectivity index (χ3v) is 7.07. The topological polar surface area (TPSA) is 66.0 Å². The van der Waals surface area contributed by atoms with E-state index in [1.165, 1.54) is 58.5 Å². The second-order valence-electron chi connectivity index (χ2n) is 10.1. The van der Waals surface area contributed by atoms with Crippen molar-refractivity contribution in [1.29, 1.82) is 0 Å². The van der Waals surface area contributed by atoms with Gasteiger partial charge in [0.1, 0.15) is 26.1 Å². The molecule has 9 heteroatoms. The van der Waals surface area contributed by atoms with Gasteiger partial charge in [-0.25, -0.2) is 20.0 Å². The first-order valence-electron chi connectivity index (χ1n) is 14.8. The van der Waals surface area contributed by atoms with Crippen molar-refractivity contribution in [3.63, 3.8) is 0 Å². The molecule has 0 atom stereocenters. The Morgan fingerprint density at radius 3 is 2.32 bits per heavy atom. The number of benzene rings is 2. The molecule has 0 saturated carbocycles. The highest BCUT2D eigenvalue weighted by Crippen LogP contribution is 2.34. The summed E-state index contributed by atoms with van der Waals surface area (Å²) in [5.41, 5.74) is 2.60. The molecule has 1 N–H and O–H groups in total. The maximum atomic E-state index is 5.85. The first-order chi connectivity index (χ1) is 20.0. The van der Waals surface area contributed by atoms with Gasteiger partial charge >= 0.3 is 0 Å². The highest BCUT2D eigenvalue weighted by molar-refractivity contribution is 6.32. The van der Waals surface area contributed by atoms with Crippen LogP contribution in [0.1, 0.15) is 44.5 Å². The predicted molar refractivity (Wildman–Crippen MR) is 172 cm³/mol. The Balaban J connectivity index is 0.000000257. The van der Waals surface area contributed by atoms with Gasteiger partial charge in [0, 0.05) is 57.3 Å². The number of ether oxygens (including phenoxy) is 2. The lowest BCUT2D eigenvalue weighted by Gasteiger charge is -2.41. The molecule has 2 aliphatic heterocycles. The van der Waals surface area contributed by atoms with E-state index < -0.39 is 0 Å². The monoisotopic (exact) mass is 558 g/mol. The maximum absolute atomic E-state index is 5.85. The molecule has 41 heavy (non-hydrogen) atoms. The predicted octanol–water partition coefficient (Wildman–Crippen LogP) is 4.58. The number of aromatic nitrogens is 2. The van der Waals surface area contributed by atoms with Crippen molar-refractivity contribution < 1.29 is 9.47 Å². The summed E-state index contributed by atoms with van der Waals surface area (Å²) >= 11 is 0. The number of hydrazine groups is 1. The third kappa shape index (κ3) is 9.73. The number of aryl methyl sites for hydroxylation is 1. The molecule has 8 nitrogen and oxygen atoms in total. The average molecular weight is 559 g/mol. The highest BCUT2D eigenvalue weighted by atomic mass is 16.5. The molecule has 2 aliphatic rings. The molecule has 3 aromatic rings. The Morgan fingerprint density at radius 2 is 1.66 bits per heavy atom. The second-order valence-corrected chi connectivity index (χ2v) is 10.1. The number of rotatable bonds is 8. The van der Waals surface area contributed by atoms with Crippen molar-refractivity contribution in [2.45, 2.75) is 46.6 Å². The fourth-order valence-corrected chi connectivity index (χ4v) is 4.94. The number of hydrogen-bond acceptors (Lipinski definition) is 8. The first-order valence-corrected chi connectivity index (χ1v) is 14.8. The molecular weight excluding hydrogens is 511 g/mol. The Hall–Kier alpha value is -3.14. The van der Waals surface area contributed by atoms with E-state index in [9.17, 15) is 0 Å². The molecule has 0 aliphatic carbocycles. The molecule has 0 spiro atoms. The SMILES string of the molecule is CC.CN1CCN(N2CCCCC2)CC1.[B]c1cccc(CNc2nc(C)nc3cc(OCC=C)c(OC)cc23)c1. The van der Waals surface area contributed by atoms with Crippen LogP contribution in [-0.2, 0) is 6.54 Å². The molecule has 0 bridgehead atoms. The second kappa shape index (κ2) is 17.0. The van der Waals surface area contributed by atoms with E-state index in [0.717, 1.165) is 27.7 Å². The number of nitrogens with zero attached hydrogens (tertiary/aromatic N) is 5. The molecule has 0 unspecified atom stereocenters. The third-order valence-electron chi connectivity index (χ3n) is 7.07. The van der Waals surface area contributed by atoms with Gasteiger partial charge in [-0.05, 0) is 38.4 Å². The van der Waals surface area contributed by atoms with Crippen LogP contribution in [0, 0.1) is 6.92 Å². The van der Waals surface area contributed by atoms with E-state index in [1.807, 2.05) is 57.2 Å². The standard InChI is InChI=1S/C20H20BN3O2.C10H21N3.C2H6/c1-4-8-26-19-11-17-16(10-18(19)25-3)20(24-13(2)23-17)22-12-14-6-5-7-15(21)9-14;1-11-7-9-13(10-8-11)12-5-3-2-4-6-12;1-2/h4-7,9-11H,1,8,12H2,2-3H3,(H,22,23,24);2-10H2,1H3;1-2H3. The minimum Gasteiger partial charge on any atom is -0.493 e. The summed E-state index contributed by atoms with van der Waals surface area (Å²) in [6.07, 6.45) is 5.91. The van der Waals surface area contributed by atoms with Crippen LogP contribution < -0.4 is 20.3 Å². The molecule has 2 saturated heterocycles. The molecule has 5 rings (SSSR count). The summed E-state index contributed by atoms with van der Waals surface area (Å²) in [5.74, 6) is 2.66. The van der Waals surface area contributed by atoms with Crippen molar-refractivity contribution in [2.75, 3.05) is 65.3 Å². The molecule has 3 heterocycles. The van der Waals surface area contributed by atoms with Crippen LogP contribution in [0.15, 0.2) is 49.1 Å². The van der Waals surface area contributed by atoms with Gasteiger partial charge in [-0.15, -0.1) is 0 Å². The lowest BCUT2D eigenvalue weighted by atomic mass is 9.94. The summed E-state index contributed by atoms with van der Waals surface area (Å²) < 4.78 is 11.1. The first kappa shape index (κ1) is 32.4. The van der Waals surface area contributed by atoms with Crippen LogP contribution in [0.4, 0.5) is 5.82 Å². The van der Waals surface area contributed by atoms with E-state index >= 15 is 0 Å². The lowest BCUT2D eigenvalue weighted by molar-refractivity contribution is -0.0645. The molecule has 2 fully saturated rings. The quantitative estimate of drug-likeness (QED) is 0.319. The molecule has 2 radical (unpaired) electrons. The number of piperidine rings is 1. The zero-order valence-electron chi connectivity index (χ0n) is 25.7. The molecular formula is C32H47BN6O2. The van der Waals surface area contributed by atoms with E-state index in [4.69, 9.17) is 17.3 Å². The average Bonchev–Trinajstić information content (AvgIpc) is 3.00. The number of likely N-dealkylation sites (N-methyl/N-ethyl adjacent to an activating group) is 1. The van der Waals surface area contributed by atoms with Crippen LogP contribution in [0.25, 0.3) is 10.9 Å². The lowest BCUT2D eigenvalue weighted by Crippen LogP contribution is -2.54. The largest absolute Gasteiger partial charge is 0.493 e. The number of piperazine rings is 1. The Labute approximate surface area is 248 Å². The minimum absolute atomic E-state index is 0.395. The van der Waals surface area contributed by atoms with Crippen molar-refractivity contribution in [2.24, 2.45) is 0 Å². The van der Waals surface area contributed by atoms with Crippen LogP contribution >= 0.6 is 0 Å². The van der Waals surface area contributed by atoms with Gasteiger partial charge in [-0.1, -0.05) is 62.7 Å². The minimum atomic E-state index is 0.395. The van der Waals surface area contributed by atoms with Crippen molar-refractivity contribution in [3.05, 3.63) is 60.4 Å². The van der Waals surface area contributed by atoms with Gasteiger partial charge in [0.05, 0.1) is 12.6 Å². The van der Waals surface area contributed by atoms with Gasteiger partial charge < -0.3 is 19.7 Å². The smallest absolute Gasteiger partial charge is 0.163 e. The molecule has 2 aromatic carbocycles. The van der Waals surface area contributed by atoms with E-state index in [0.29, 0.717) is 30.5 Å². The number of nitrogens with one attached hydrogen (secondary N) is 1. The van der Waals surface area contributed by atoms with Crippen LogP contribution in [0.5, 0.6) is 11.5 Å². The van der Waals surface area contributed by atoms with Crippen LogP contribution in [-0.4, -0.2) is 92.8 Å². The normalized spacial score (nSPS) is 16.1. The summed E-state index contributed by atoms with van der Waals surface area (Å²) in [4.78, 5) is 11.5. The fourth-order valence-electron chi connectivity index (χ4n) is 4.94. The van der Waals surface area contributed by atoms with Crippen LogP contribution in [0.2, 0.25) is 0 Å².